The van der Waals surface area contributed by atoms with Crippen molar-refractivity contribution in [3.63, 3.8) is 0 Å². The first-order valence-electron chi connectivity index (χ1n) is 6.37. The lowest BCUT2D eigenvalue weighted by molar-refractivity contribution is 0.101. The molecular weight excluding hydrogens is 274 g/mol. The highest BCUT2D eigenvalue weighted by Gasteiger charge is 2.12. The SMILES string of the molecule is CCCSc1ccc(N)c(NC(=O)c2cc(C)on2)c1. The third-order valence-electron chi connectivity index (χ3n) is 2.61. The lowest BCUT2D eigenvalue weighted by Gasteiger charge is -2.09. The van der Waals surface area contributed by atoms with Crippen LogP contribution in [0.3, 0.4) is 0 Å². The predicted molar refractivity (Wildman–Crippen MR) is 81.1 cm³/mol. The first kappa shape index (κ1) is 14.5. The van der Waals surface area contributed by atoms with E-state index in [1.165, 1.54) is 0 Å². The molecule has 1 aromatic heterocycles. The average molecular weight is 291 g/mol. The second kappa shape index (κ2) is 6.47. The Kier molecular flexibility index (Phi) is 4.68. The highest BCUT2D eigenvalue weighted by molar-refractivity contribution is 7.99. The summed E-state index contributed by atoms with van der Waals surface area (Å²) in [7, 11) is 0. The van der Waals surface area contributed by atoms with E-state index in [-0.39, 0.29) is 11.6 Å². The Morgan fingerprint density at radius 1 is 1.45 bits per heavy atom. The lowest BCUT2D eigenvalue weighted by Crippen LogP contribution is -2.13. The lowest BCUT2D eigenvalue weighted by atomic mass is 10.2. The predicted octanol–water partition coefficient (Wildman–Crippen LogP) is 3.32. The Morgan fingerprint density at radius 2 is 2.25 bits per heavy atom. The third kappa shape index (κ3) is 3.54. The van der Waals surface area contributed by atoms with Gasteiger partial charge in [0.25, 0.3) is 5.91 Å². The summed E-state index contributed by atoms with van der Waals surface area (Å²) in [5.74, 6) is 1.29. The maximum atomic E-state index is 12.0. The number of carbonyl (C=O) groups excluding carboxylic acids is 1. The number of nitrogens with one attached hydrogen (secondary N) is 1. The molecule has 0 bridgehead atoms. The fraction of sp³-hybridized carbons (Fsp3) is 0.286. The van der Waals surface area contributed by atoms with E-state index in [0.717, 1.165) is 17.1 Å². The zero-order valence-electron chi connectivity index (χ0n) is 11.5. The molecule has 2 aromatic rings. The summed E-state index contributed by atoms with van der Waals surface area (Å²) in [6, 6.07) is 7.20. The smallest absolute Gasteiger partial charge is 0.277 e. The molecule has 2 rings (SSSR count). The van der Waals surface area contributed by atoms with Gasteiger partial charge in [0.1, 0.15) is 5.76 Å². The number of hydrogen-bond donors (Lipinski definition) is 2. The van der Waals surface area contributed by atoms with Gasteiger partial charge in [-0.25, -0.2) is 0 Å². The van der Waals surface area contributed by atoms with Gasteiger partial charge in [0.15, 0.2) is 5.69 Å². The molecule has 0 fully saturated rings. The van der Waals surface area contributed by atoms with Crippen molar-refractivity contribution in [3.8, 4) is 0 Å². The van der Waals surface area contributed by atoms with E-state index < -0.39 is 0 Å². The van der Waals surface area contributed by atoms with Gasteiger partial charge in [-0.2, -0.15) is 0 Å². The number of thioether (sulfide) groups is 1. The van der Waals surface area contributed by atoms with E-state index >= 15 is 0 Å². The fourth-order valence-corrected chi connectivity index (χ4v) is 2.42. The van der Waals surface area contributed by atoms with Crippen molar-refractivity contribution in [1.82, 2.24) is 5.16 Å². The first-order valence-corrected chi connectivity index (χ1v) is 7.35. The van der Waals surface area contributed by atoms with Crippen LogP contribution in [-0.4, -0.2) is 16.8 Å². The molecular formula is C14H17N3O2S. The summed E-state index contributed by atoms with van der Waals surface area (Å²) in [4.78, 5) is 13.1. The van der Waals surface area contributed by atoms with Crippen LogP contribution in [-0.2, 0) is 0 Å². The van der Waals surface area contributed by atoms with E-state index in [1.807, 2.05) is 12.1 Å². The van der Waals surface area contributed by atoms with Gasteiger partial charge in [0, 0.05) is 11.0 Å². The number of carbonyl (C=O) groups is 1. The molecule has 0 aliphatic rings. The van der Waals surface area contributed by atoms with Crippen molar-refractivity contribution in [3.05, 3.63) is 35.7 Å². The molecule has 1 amide bonds. The van der Waals surface area contributed by atoms with Crippen LogP contribution in [0.15, 0.2) is 33.7 Å². The number of benzene rings is 1. The van der Waals surface area contributed by atoms with Gasteiger partial charge in [0.05, 0.1) is 11.4 Å². The van der Waals surface area contributed by atoms with Gasteiger partial charge in [-0.15, -0.1) is 11.8 Å². The molecule has 0 unspecified atom stereocenters. The van der Waals surface area contributed by atoms with Crippen molar-refractivity contribution in [1.29, 1.82) is 0 Å². The standard InChI is InChI=1S/C14H17N3O2S/c1-3-6-20-10-4-5-11(15)12(8-10)16-14(18)13-7-9(2)19-17-13/h4-5,7-8H,3,6,15H2,1-2H3,(H,16,18). The quantitative estimate of drug-likeness (QED) is 0.652. The maximum Gasteiger partial charge on any atom is 0.277 e. The van der Waals surface area contributed by atoms with Gasteiger partial charge in [-0.1, -0.05) is 12.1 Å². The summed E-state index contributed by atoms with van der Waals surface area (Å²) in [5, 5.41) is 6.44. The van der Waals surface area contributed by atoms with Crippen LogP contribution in [0.4, 0.5) is 11.4 Å². The van der Waals surface area contributed by atoms with E-state index in [1.54, 1.807) is 30.8 Å². The van der Waals surface area contributed by atoms with E-state index in [2.05, 4.69) is 17.4 Å². The van der Waals surface area contributed by atoms with Gasteiger partial charge >= 0.3 is 0 Å². The summed E-state index contributed by atoms with van der Waals surface area (Å²) in [6.07, 6.45) is 1.09. The van der Waals surface area contributed by atoms with Crippen LogP contribution in [0.1, 0.15) is 29.6 Å². The van der Waals surface area contributed by atoms with Gasteiger partial charge in [-0.05, 0) is 37.3 Å². The molecule has 0 aliphatic carbocycles. The van der Waals surface area contributed by atoms with Crippen LogP contribution in [0, 0.1) is 6.92 Å². The largest absolute Gasteiger partial charge is 0.397 e. The number of aromatic nitrogens is 1. The molecule has 0 spiro atoms. The Morgan fingerprint density at radius 3 is 2.90 bits per heavy atom. The zero-order chi connectivity index (χ0) is 14.5. The van der Waals surface area contributed by atoms with Crippen LogP contribution in [0.25, 0.3) is 0 Å². The molecule has 6 heteroatoms. The van der Waals surface area contributed by atoms with Crippen LogP contribution in [0.2, 0.25) is 0 Å². The van der Waals surface area contributed by atoms with Crippen molar-refractivity contribution in [2.24, 2.45) is 0 Å². The van der Waals surface area contributed by atoms with Crippen molar-refractivity contribution < 1.29 is 9.32 Å². The van der Waals surface area contributed by atoms with Gasteiger partial charge < -0.3 is 15.6 Å². The number of nitrogens with zero attached hydrogens (tertiary/aromatic N) is 1. The molecule has 0 aliphatic heterocycles. The van der Waals surface area contributed by atoms with E-state index in [4.69, 9.17) is 10.3 Å². The fourth-order valence-electron chi connectivity index (χ4n) is 1.61. The number of anilines is 2. The molecule has 0 atom stereocenters. The molecule has 20 heavy (non-hydrogen) atoms. The molecule has 5 nitrogen and oxygen atoms in total. The maximum absolute atomic E-state index is 12.0. The number of nitrogens with two attached hydrogens (primary N) is 1. The second-order valence-electron chi connectivity index (χ2n) is 4.37. The summed E-state index contributed by atoms with van der Waals surface area (Å²) < 4.78 is 4.88. The number of nitrogen functional groups attached to an aromatic ring is 1. The normalized spacial score (nSPS) is 10.5. The molecule has 0 radical (unpaired) electrons. The minimum atomic E-state index is -0.328. The molecule has 1 heterocycles. The van der Waals surface area contributed by atoms with Gasteiger partial charge in [0.2, 0.25) is 0 Å². The van der Waals surface area contributed by atoms with Crippen molar-refractivity contribution in [2.75, 3.05) is 16.8 Å². The Hall–Kier alpha value is -1.95. The number of rotatable bonds is 5. The monoisotopic (exact) mass is 291 g/mol. The van der Waals surface area contributed by atoms with Crippen LogP contribution in [0.5, 0.6) is 0 Å². The average Bonchev–Trinajstić information content (AvgIpc) is 2.86. The highest BCUT2D eigenvalue weighted by atomic mass is 32.2. The molecule has 106 valence electrons. The topological polar surface area (TPSA) is 81.1 Å². The molecule has 3 N–H and O–H groups in total. The summed E-state index contributed by atoms with van der Waals surface area (Å²) >= 11 is 1.73. The number of hydrogen-bond acceptors (Lipinski definition) is 5. The number of amides is 1. The van der Waals surface area contributed by atoms with E-state index in [0.29, 0.717) is 17.1 Å². The van der Waals surface area contributed by atoms with Crippen molar-refractivity contribution in [2.45, 2.75) is 25.2 Å². The highest BCUT2D eigenvalue weighted by Crippen LogP contribution is 2.27. The third-order valence-corrected chi connectivity index (χ3v) is 3.81. The van der Waals surface area contributed by atoms with Crippen LogP contribution < -0.4 is 11.1 Å². The molecule has 0 saturated carbocycles. The van der Waals surface area contributed by atoms with E-state index in [9.17, 15) is 4.79 Å². The molecule has 1 aromatic carbocycles. The summed E-state index contributed by atoms with van der Waals surface area (Å²) in [5.41, 5.74) is 7.25. The number of aryl methyl sites for hydroxylation is 1. The first-order chi connectivity index (χ1) is 9.60. The second-order valence-corrected chi connectivity index (χ2v) is 5.54. The summed E-state index contributed by atoms with van der Waals surface area (Å²) in [6.45, 7) is 3.86. The zero-order valence-corrected chi connectivity index (χ0v) is 12.3. The minimum absolute atomic E-state index is 0.244. The van der Waals surface area contributed by atoms with Crippen molar-refractivity contribution >= 4 is 29.0 Å². The van der Waals surface area contributed by atoms with Crippen LogP contribution >= 0.6 is 11.8 Å². The minimum Gasteiger partial charge on any atom is -0.397 e. The Balaban J connectivity index is 2.13. The van der Waals surface area contributed by atoms with Gasteiger partial charge in [-0.3, -0.25) is 4.79 Å². The molecule has 0 saturated heterocycles. The Labute approximate surface area is 121 Å². The Bertz CT molecular complexity index is 610.